The van der Waals surface area contributed by atoms with Gasteiger partial charge in [-0.1, -0.05) is 18.1 Å². The third kappa shape index (κ3) is 3.76. The van der Waals surface area contributed by atoms with E-state index in [0.717, 1.165) is 46.7 Å². The molecule has 3 aromatic heterocycles. The van der Waals surface area contributed by atoms with E-state index < -0.39 is 0 Å². The van der Waals surface area contributed by atoms with Gasteiger partial charge in [-0.3, -0.25) is 4.40 Å². The molecule has 1 aliphatic carbocycles. The molecule has 30 heavy (non-hydrogen) atoms. The standard InChI is InChI=1S/C23H20N6O/c1-28-15-24-13-20(28)8-5-16-9-10-29-21(14-25-22(29)11-16)17-3-2-4-19(12-17)27-23(30)26-18-6-7-18/h2-4,9-15,18H,6-7H2,1H3,(H2,26,27,30). The number of pyridine rings is 1. The molecule has 0 spiro atoms. The number of aryl methyl sites for hydroxylation is 1. The molecule has 1 saturated carbocycles. The van der Waals surface area contributed by atoms with Gasteiger partial charge in [0.25, 0.3) is 0 Å². The molecular weight excluding hydrogens is 376 g/mol. The van der Waals surface area contributed by atoms with E-state index >= 15 is 0 Å². The van der Waals surface area contributed by atoms with E-state index in [1.165, 1.54) is 0 Å². The van der Waals surface area contributed by atoms with E-state index in [2.05, 4.69) is 32.4 Å². The van der Waals surface area contributed by atoms with Gasteiger partial charge in [0.2, 0.25) is 0 Å². The lowest BCUT2D eigenvalue weighted by molar-refractivity contribution is 0.251. The molecule has 0 atom stereocenters. The van der Waals surface area contributed by atoms with E-state index in [1.54, 1.807) is 12.5 Å². The molecule has 148 valence electrons. The second kappa shape index (κ2) is 7.41. The van der Waals surface area contributed by atoms with Crippen LogP contribution in [0.5, 0.6) is 0 Å². The molecule has 0 aliphatic heterocycles. The van der Waals surface area contributed by atoms with Gasteiger partial charge in [-0.2, -0.15) is 0 Å². The number of fused-ring (bicyclic) bond motifs is 1. The van der Waals surface area contributed by atoms with Crippen molar-refractivity contribution >= 4 is 17.4 Å². The van der Waals surface area contributed by atoms with Crippen LogP contribution in [0.15, 0.2) is 61.3 Å². The van der Waals surface area contributed by atoms with Crippen molar-refractivity contribution in [3.8, 4) is 23.1 Å². The predicted molar refractivity (Wildman–Crippen MR) is 115 cm³/mol. The Morgan fingerprint density at radius 1 is 1.17 bits per heavy atom. The highest BCUT2D eigenvalue weighted by molar-refractivity contribution is 5.90. The third-order valence-electron chi connectivity index (χ3n) is 4.99. The van der Waals surface area contributed by atoms with Crippen LogP contribution in [0.2, 0.25) is 0 Å². The van der Waals surface area contributed by atoms with Gasteiger partial charge >= 0.3 is 6.03 Å². The number of imidazole rings is 2. The molecule has 5 rings (SSSR count). The quantitative estimate of drug-likeness (QED) is 0.521. The molecule has 3 heterocycles. The Morgan fingerprint density at radius 3 is 2.87 bits per heavy atom. The first kappa shape index (κ1) is 18.0. The lowest BCUT2D eigenvalue weighted by Gasteiger charge is -2.08. The van der Waals surface area contributed by atoms with Crippen LogP contribution in [-0.4, -0.2) is 31.0 Å². The molecule has 1 fully saturated rings. The zero-order valence-electron chi connectivity index (χ0n) is 16.5. The first-order valence-corrected chi connectivity index (χ1v) is 9.79. The normalized spacial score (nSPS) is 13.0. The van der Waals surface area contributed by atoms with Crippen molar-refractivity contribution in [2.75, 3.05) is 5.32 Å². The van der Waals surface area contributed by atoms with Crippen molar-refractivity contribution in [3.05, 3.63) is 72.6 Å². The second-order valence-electron chi connectivity index (χ2n) is 7.38. The Balaban J connectivity index is 1.40. The fourth-order valence-electron chi connectivity index (χ4n) is 3.22. The minimum absolute atomic E-state index is 0.163. The van der Waals surface area contributed by atoms with Crippen LogP contribution < -0.4 is 10.6 Å². The Labute approximate surface area is 173 Å². The SMILES string of the molecule is Cn1cncc1C#Cc1ccn2c(-c3cccc(NC(=O)NC4CC4)c3)cnc2c1. The van der Waals surface area contributed by atoms with E-state index in [9.17, 15) is 4.79 Å². The minimum atomic E-state index is -0.163. The van der Waals surface area contributed by atoms with Crippen molar-refractivity contribution in [1.29, 1.82) is 0 Å². The predicted octanol–water partition coefficient (Wildman–Crippen LogP) is 3.42. The van der Waals surface area contributed by atoms with Crippen LogP contribution in [-0.2, 0) is 7.05 Å². The maximum absolute atomic E-state index is 12.0. The van der Waals surface area contributed by atoms with Crippen LogP contribution >= 0.6 is 0 Å². The van der Waals surface area contributed by atoms with Crippen molar-refractivity contribution in [2.24, 2.45) is 7.05 Å². The number of carbonyl (C=O) groups is 1. The first-order valence-electron chi connectivity index (χ1n) is 9.79. The lowest BCUT2D eigenvalue weighted by Crippen LogP contribution is -2.30. The summed E-state index contributed by atoms with van der Waals surface area (Å²) in [5.41, 5.74) is 5.22. The van der Waals surface area contributed by atoms with Gasteiger partial charge in [-0.25, -0.2) is 14.8 Å². The van der Waals surface area contributed by atoms with Crippen LogP contribution in [0.3, 0.4) is 0 Å². The van der Waals surface area contributed by atoms with Crippen molar-refractivity contribution < 1.29 is 4.79 Å². The molecule has 0 radical (unpaired) electrons. The van der Waals surface area contributed by atoms with Crippen LogP contribution in [0, 0.1) is 11.8 Å². The van der Waals surface area contributed by atoms with Gasteiger partial charge in [-0.05, 0) is 43.0 Å². The summed E-state index contributed by atoms with van der Waals surface area (Å²) in [6, 6.07) is 11.8. The summed E-state index contributed by atoms with van der Waals surface area (Å²) in [4.78, 5) is 20.6. The fourth-order valence-corrected chi connectivity index (χ4v) is 3.22. The molecular formula is C23H20N6O. The highest BCUT2D eigenvalue weighted by atomic mass is 16.2. The van der Waals surface area contributed by atoms with Gasteiger partial charge in [0.15, 0.2) is 0 Å². The summed E-state index contributed by atoms with van der Waals surface area (Å²) >= 11 is 0. The Hall–Kier alpha value is -4.05. The highest BCUT2D eigenvalue weighted by Gasteiger charge is 2.23. The van der Waals surface area contributed by atoms with Crippen LogP contribution in [0.1, 0.15) is 24.1 Å². The number of rotatable bonds is 3. The number of hydrogen-bond donors (Lipinski definition) is 2. The topological polar surface area (TPSA) is 76.2 Å². The number of urea groups is 1. The molecule has 2 N–H and O–H groups in total. The maximum Gasteiger partial charge on any atom is 0.319 e. The minimum Gasteiger partial charge on any atom is -0.335 e. The molecule has 4 aromatic rings. The lowest BCUT2D eigenvalue weighted by atomic mass is 10.1. The van der Waals surface area contributed by atoms with Crippen molar-refractivity contribution in [1.82, 2.24) is 24.3 Å². The van der Waals surface area contributed by atoms with E-state index in [1.807, 2.05) is 64.8 Å². The molecule has 0 saturated heterocycles. The Bertz CT molecular complexity index is 1300. The van der Waals surface area contributed by atoms with Crippen LogP contribution in [0.4, 0.5) is 10.5 Å². The number of aromatic nitrogens is 4. The van der Waals surface area contributed by atoms with Gasteiger partial charge < -0.3 is 15.2 Å². The zero-order valence-corrected chi connectivity index (χ0v) is 16.5. The summed E-state index contributed by atoms with van der Waals surface area (Å²) in [7, 11) is 1.92. The van der Waals surface area contributed by atoms with Gasteiger partial charge in [0.1, 0.15) is 11.3 Å². The summed E-state index contributed by atoms with van der Waals surface area (Å²) in [5, 5.41) is 5.83. The van der Waals surface area contributed by atoms with Gasteiger partial charge in [0, 0.05) is 36.1 Å². The largest absolute Gasteiger partial charge is 0.335 e. The first-order chi connectivity index (χ1) is 14.7. The average Bonchev–Trinajstić information content (AvgIpc) is 3.30. The Kier molecular flexibility index (Phi) is 4.45. The zero-order chi connectivity index (χ0) is 20.5. The number of amides is 2. The summed E-state index contributed by atoms with van der Waals surface area (Å²) < 4.78 is 3.89. The number of nitrogens with zero attached hydrogens (tertiary/aromatic N) is 4. The average molecular weight is 396 g/mol. The smallest absolute Gasteiger partial charge is 0.319 e. The molecule has 1 aliphatic rings. The molecule has 0 unspecified atom stereocenters. The van der Waals surface area contributed by atoms with E-state index in [0.29, 0.717) is 6.04 Å². The number of nitrogens with one attached hydrogen (secondary N) is 2. The Morgan fingerprint density at radius 2 is 2.07 bits per heavy atom. The molecule has 1 aromatic carbocycles. The van der Waals surface area contributed by atoms with Gasteiger partial charge in [0.05, 0.1) is 24.4 Å². The van der Waals surface area contributed by atoms with E-state index in [-0.39, 0.29) is 6.03 Å². The summed E-state index contributed by atoms with van der Waals surface area (Å²) in [6.07, 6.45) is 9.38. The number of hydrogen-bond acceptors (Lipinski definition) is 3. The number of carbonyl (C=O) groups excluding carboxylic acids is 1. The highest BCUT2D eigenvalue weighted by Crippen LogP contribution is 2.24. The van der Waals surface area contributed by atoms with E-state index in [4.69, 9.17) is 0 Å². The maximum atomic E-state index is 12.0. The monoisotopic (exact) mass is 396 g/mol. The molecule has 2 amide bonds. The summed E-state index contributed by atoms with van der Waals surface area (Å²) in [6.45, 7) is 0. The molecule has 7 nitrogen and oxygen atoms in total. The van der Waals surface area contributed by atoms with Crippen LogP contribution in [0.25, 0.3) is 16.9 Å². The third-order valence-corrected chi connectivity index (χ3v) is 4.99. The van der Waals surface area contributed by atoms with Gasteiger partial charge in [-0.15, -0.1) is 0 Å². The number of anilines is 1. The fraction of sp³-hybridized carbons (Fsp3) is 0.174. The number of benzene rings is 1. The summed E-state index contributed by atoms with van der Waals surface area (Å²) in [5.74, 6) is 6.28. The van der Waals surface area contributed by atoms with Crippen molar-refractivity contribution in [2.45, 2.75) is 18.9 Å². The second-order valence-corrected chi connectivity index (χ2v) is 7.38. The molecule has 0 bridgehead atoms. The molecule has 7 heteroatoms. The van der Waals surface area contributed by atoms with Crippen molar-refractivity contribution in [3.63, 3.8) is 0 Å².